The predicted molar refractivity (Wildman–Crippen MR) is 54.9 cm³/mol. The molecule has 0 radical (unpaired) electrons. The molecule has 0 spiro atoms. The van der Waals surface area contributed by atoms with E-state index in [4.69, 9.17) is 9.52 Å². The van der Waals surface area contributed by atoms with Crippen LogP contribution in [0.4, 0.5) is 0 Å². The van der Waals surface area contributed by atoms with E-state index in [1.54, 1.807) is 6.07 Å². The number of aliphatic hydroxyl groups excluding tert-OH is 1. The van der Waals surface area contributed by atoms with Gasteiger partial charge in [-0.05, 0) is 24.1 Å². The first-order valence-corrected chi connectivity index (χ1v) is 4.57. The van der Waals surface area contributed by atoms with E-state index in [-0.39, 0.29) is 12.4 Å². The van der Waals surface area contributed by atoms with Crippen molar-refractivity contribution in [2.75, 3.05) is 6.61 Å². The number of aromatic hydroxyl groups is 1. The number of hydrogen-bond acceptors (Lipinski definition) is 4. The van der Waals surface area contributed by atoms with E-state index in [1.165, 1.54) is 18.2 Å². The van der Waals surface area contributed by atoms with Gasteiger partial charge in [-0.3, -0.25) is 0 Å². The number of hydrogen-bond donors (Lipinski definition) is 2. The van der Waals surface area contributed by atoms with Crippen LogP contribution in [-0.2, 0) is 6.42 Å². The lowest BCUT2D eigenvalue weighted by Gasteiger charge is -2.03. The molecule has 0 atom stereocenters. The van der Waals surface area contributed by atoms with Gasteiger partial charge in [0, 0.05) is 24.1 Å². The maximum atomic E-state index is 11.2. The highest BCUT2D eigenvalue weighted by molar-refractivity contribution is 5.81. The highest BCUT2D eigenvalue weighted by Gasteiger charge is 2.05. The molecule has 15 heavy (non-hydrogen) atoms. The minimum Gasteiger partial charge on any atom is -0.508 e. The second kappa shape index (κ2) is 3.74. The molecule has 0 aliphatic heterocycles. The molecule has 0 saturated heterocycles. The number of rotatable bonds is 2. The smallest absolute Gasteiger partial charge is 0.336 e. The molecule has 0 bridgehead atoms. The summed E-state index contributed by atoms with van der Waals surface area (Å²) in [6, 6.07) is 5.93. The van der Waals surface area contributed by atoms with E-state index >= 15 is 0 Å². The van der Waals surface area contributed by atoms with E-state index < -0.39 is 5.63 Å². The third-order valence-electron chi connectivity index (χ3n) is 2.19. The van der Waals surface area contributed by atoms with Crippen LogP contribution in [0.1, 0.15) is 5.56 Å². The molecular formula is C11H10O4. The summed E-state index contributed by atoms with van der Waals surface area (Å²) < 4.78 is 4.93. The minimum absolute atomic E-state index is 0.0283. The Morgan fingerprint density at radius 3 is 2.80 bits per heavy atom. The molecule has 2 aromatic rings. The highest BCUT2D eigenvalue weighted by atomic mass is 16.4. The van der Waals surface area contributed by atoms with Crippen molar-refractivity contribution in [2.24, 2.45) is 0 Å². The Kier molecular flexibility index (Phi) is 2.43. The molecule has 2 N–H and O–H groups in total. The van der Waals surface area contributed by atoms with Crippen LogP contribution in [0.5, 0.6) is 5.75 Å². The molecule has 0 aliphatic rings. The summed E-state index contributed by atoms with van der Waals surface area (Å²) in [5.74, 6) is 0.0480. The number of phenols is 1. The van der Waals surface area contributed by atoms with Crippen molar-refractivity contribution in [1.82, 2.24) is 0 Å². The Labute approximate surface area is 85.4 Å². The normalized spacial score (nSPS) is 10.7. The van der Waals surface area contributed by atoms with Gasteiger partial charge in [0.2, 0.25) is 0 Å². The molecule has 1 aromatic carbocycles. The Hall–Kier alpha value is -1.81. The molecule has 4 heteroatoms. The van der Waals surface area contributed by atoms with Gasteiger partial charge in [0.25, 0.3) is 0 Å². The monoisotopic (exact) mass is 206 g/mol. The van der Waals surface area contributed by atoms with Gasteiger partial charge in [-0.1, -0.05) is 0 Å². The number of aliphatic hydroxyl groups is 1. The van der Waals surface area contributed by atoms with Gasteiger partial charge < -0.3 is 14.6 Å². The zero-order chi connectivity index (χ0) is 10.8. The average molecular weight is 206 g/mol. The molecule has 0 amide bonds. The van der Waals surface area contributed by atoms with Gasteiger partial charge in [0.1, 0.15) is 11.3 Å². The first-order chi connectivity index (χ1) is 7.20. The van der Waals surface area contributed by atoms with Crippen LogP contribution >= 0.6 is 0 Å². The van der Waals surface area contributed by atoms with Crippen molar-refractivity contribution < 1.29 is 14.6 Å². The fourth-order valence-corrected chi connectivity index (χ4v) is 1.55. The zero-order valence-electron chi connectivity index (χ0n) is 7.93. The van der Waals surface area contributed by atoms with Gasteiger partial charge in [-0.2, -0.15) is 0 Å². The number of fused-ring (bicyclic) bond motifs is 1. The molecule has 4 nitrogen and oxygen atoms in total. The van der Waals surface area contributed by atoms with Crippen molar-refractivity contribution >= 4 is 11.0 Å². The lowest BCUT2D eigenvalue weighted by atomic mass is 10.1. The van der Waals surface area contributed by atoms with Crippen molar-refractivity contribution in [1.29, 1.82) is 0 Å². The summed E-state index contributed by atoms with van der Waals surface area (Å²) in [6.07, 6.45) is 0.396. The Bertz CT molecular complexity index is 542. The van der Waals surface area contributed by atoms with Crippen molar-refractivity contribution in [3.63, 3.8) is 0 Å². The standard InChI is InChI=1S/C11H10O4/c12-4-3-7-5-11(14)15-10-6-8(13)1-2-9(7)10/h1-2,5-6,12-13H,3-4H2. The number of phenolic OH excluding ortho intramolecular Hbond substituents is 1. The van der Waals surface area contributed by atoms with Crippen LogP contribution in [0.3, 0.4) is 0 Å². The van der Waals surface area contributed by atoms with Crippen LogP contribution in [-0.4, -0.2) is 16.8 Å². The van der Waals surface area contributed by atoms with Crippen molar-refractivity contribution in [3.05, 3.63) is 40.2 Å². The highest BCUT2D eigenvalue weighted by Crippen LogP contribution is 2.21. The molecule has 78 valence electrons. The molecule has 0 saturated carbocycles. The van der Waals surface area contributed by atoms with E-state index in [9.17, 15) is 9.90 Å². The quantitative estimate of drug-likeness (QED) is 0.720. The van der Waals surface area contributed by atoms with E-state index in [0.29, 0.717) is 12.0 Å². The summed E-state index contributed by atoms with van der Waals surface area (Å²) >= 11 is 0. The van der Waals surface area contributed by atoms with Gasteiger partial charge in [0.15, 0.2) is 0 Å². The first-order valence-electron chi connectivity index (χ1n) is 4.57. The first kappa shape index (κ1) is 9.73. The average Bonchev–Trinajstić information content (AvgIpc) is 2.17. The Morgan fingerprint density at radius 1 is 1.27 bits per heavy atom. The molecule has 2 rings (SSSR count). The maximum Gasteiger partial charge on any atom is 0.336 e. The fourth-order valence-electron chi connectivity index (χ4n) is 1.55. The lowest BCUT2D eigenvalue weighted by molar-refractivity contribution is 0.300. The summed E-state index contributed by atoms with van der Waals surface area (Å²) in [5, 5.41) is 18.8. The van der Waals surface area contributed by atoms with Crippen molar-refractivity contribution in [3.8, 4) is 5.75 Å². The third-order valence-corrected chi connectivity index (χ3v) is 2.19. The minimum atomic E-state index is -0.475. The van der Waals surface area contributed by atoms with Crippen LogP contribution in [0, 0.1) is 0 Å². The van der Waals surface area contributed by atoms with Gasteiger partial charge in [-0.25, -0.2) is 4.79 Å². The third kappa shape index (κ3) is 1.85. The second-order valence-corrected chi connectivity index (χ2v) is 3.24. The van der Waals surface area contributed by atoms with E-state index in [2.05, 4.69) is 0 Å². The fraction of sp³-hybridized carbons (Fsp3) is 0.182. The maximum absolute atomic E-state index is 11.2. The van der Waals surface area contributed by atoms with Crippen molar-refractivity contribution in [2.45, 2.75) is 6.42 Å². The second-order valence-electron chi connectivity index (χ2n) is 3.24. The summed E-state index contributed by atoms with van der Waals surface area (Å²) in [5.41, 5.74) is 0.589. The molecule has 1 aromatic heterocycles. The van der Waals surface area contributed by atoms with E-state index in [0.717, 1.165) is 10.9 Å². The Balaban J connectivity index is 2.74. The summed E-state index contributed by atoms with van der Waals surface area (Å²) in [4.78, 5) is 11.2. The van der Waals surface area contributed by atoms with Gasteiger partial charge >= 0.3 is 5.63 Å². The van der Waals surface area contributed by atoms with Gasteiger partial charge in [-0.15, -0.1) is 0 Å². The SMILES string of the molecule is O=c1cc(CCO)c2ccc(O)cc2o1. The van der Waals surface area contributed by atoms with Crippen LogP contribution < -0.4 is 5.63 Å². The van der Waals surface area contributed by atoms with Gasteiger partial charge in [0.05, 0.1) is 0 Å². The largest absolute Gasteiger partial charge is 0.508 e. The molecule has 0 unspecified atom stereocenters. The van der Waals surface area contributed by atoms with E-state index in [1.807, 2.05) is 0 Å². The molecule has 1 heterocycles. The molecular weight excluding hydrogens is 196 g/mol. The van der Waals surface area contributed by atoms with Crippen LogP contribution in [0.25, 0.3) is 11.0 Å². The Morgan fingerprint density at radius 2 is 2.07 bits per heavy atom. The zero-order valence-corrected chi connectivity index (χ0v) is 7.93. The van der Waals surface area contributed by atoms with Crippen LogP contribution in [0.2, 0.25) is 0 Å². The lowest BCUT2D eigenvalue weighted by Crippen LogP contribution is -2.02. The summed E-state index contributed by atoms with van der Waals surface area (Å²) in [7, 11) is 0. The van der Waals surface area contributed by atoms with Crippen LogP contribution in [0.15, 0.2) is 33.5 Å². The number of benzene rings is 1. The predicted octanol–water partition coefficient (Wildman–Crippen LogP) is 1.03. The topological polar surface area (TPSA) is 70.7 Å². The molecule has 0 fully saturated rings. The molecule has 0 aliphatic carbocycles. The summed E-state index contributed by atoms with van der Waals surface area (Å²) in [6.45, 7) is -0.0283.